The smallest absolute Gasteiger partial charge is 0.180 e. The largest absolute Gasteiger partial charge is 0.496 e. The van der Waals surface area contributed by atoms with Gasteiger partial charge in [0.15, 0.2) is 5.13 Å². The van der Waals surface area contributed by atoms with Crippen LogP contribution < -0.4 is 10.5 Å². The Morgan fingerprint density at radius 2 is 2.14 bits per heavy atom. The molecule has 0 amide bonds. The topological polar surface area (TPSA) is 61.0 Å². The zero-order valence-electron chi connectivity index (χ0n) is 12.1. The lowest BCUT2D eigenvalue weighted by Gasteiger charge is -2.07. The highest BCUT2D eigenvalue weighted by atomic mass is 35.5. The summed E-state index contributed by atoms with van der Waals surface area (Å²) in [4.78, 5) is 10.0. The molecular weight excluding hydrogens is 338 g/mol. The van der Waals surface area contributed by atoms with Crippen molar-refractivity contribution >= 4 is 39.4 Å². The highest BCUT2D eigenvalue weighted by molar-refractivity contribution is 7.16. The minimum absolute atomic E-state index is 0.570. The summed E-state index contributed by atoms with van der Waals surface area (Å²) >= 11 is 9.14. The summed E-state index contributed by atoms with van der Waals surface area (Å²) in [5.74, 6) is 0.816. The second kappa shape index (κ2) is 6.24. The van der Waals surface area contributed by atoms with Crippen LogP contribution in [0.15, 0.2) is 23.6 Å². The maximum Gasteiger partial charge on any atom is 0.180 e. The Morgan fingerprint density at radius 3 is 2.82 bits per heavy atom. The lowest BCUT2D eigenvalue weighted by Crippen LogP contribution is -1.93. The fraction of sp³-hybridized carbons (Fsp3) is 0.200. The van der Waals surface area contributed by atoms with Crippen molar-refractivity contribution in [3.05, 3.63) is 44.9 Å². The summed E-state index contributed by atoms with van der Waals surface area (Å²) in [6.45, 7) is 1.99. The highest BCUT2D eigenvalue weighted by Gasteiger charge is 2.14. The molecule has 7 heteroatoms. The molecular formula is C15H14ClN3OS2. The number of benzene rings is 1. The molecule has 0 aliphatic carbocycles. The van der Waals surface area contributed by atoms with Gasteiger partial charge in [-0.15, -0.1) is 22.7 Å². The van der Waals surface area contributed by atoms with E-state index in [2.05, 4.69) is 9.97 Å². The van der Waals surface area contributed by atoms with Crippen molar-refractivity contribution in [3.63, 3.8) is 0 Å². The molecule has 3 rings (SSSR count). The number of nitrogen functional groups attached to an aromatic ring is 1. The summed E-state index contributed by atoms with van der Waals surface area (Å²) in [5.41, 5.74) is 8.59. The van der Waals surface area contributed by atoms with Gasteiger partial charge in [0.05, 0.1) is 28.4 Å². The monoisotopic (exact) mass is 351 g/mol. The second-order valence-corrected chi connectivity index (χ2v) is 7.14. The summed E-state index contributed by atoms with van der Waals surface area (Å²) in [5, 5.41) is 4.22. The molecule has 0 saturated carbocycles. The standard InChI is InChI=1S/C15H14ClN3OS2/c1-8-14(11-7-21-15(17)19-11)22-13(18-8)6-9-5-10(16)3-4-12(9)20-2/h3-5,7H,6H2,1-2H3,(H2,17,19). The quantitative estimate of drug-likeness (QED) is 0.756. The summed E-state index contributed by atoms with van der Waals surface area (Å²) in [7, 11) is 1.66. The number of ether oxygens (including phenoxy) is 1. The van der Waals surface area contributed by atoms with Crippen LogP contribution in [-0.2, 0) is 6.42 Å². The molecule has 22 heavy (non-hydrogen) atoms. The fourth-order valence-electron chi connectivity index (χ4n) is 2.21. The SMILES string of the molecule is COc1ccc(Cl)cc1Cc1nc(C)c(-c2csc(N)n2)s1. The molecule has 2 aromatic heterocycles. The Kier molecular flexibility index (Phi) is 4.33. The first-order chi connectivity index (χ1) is 10.6. The summed E-state index contributed by atoms with van der Waals surface area (Å²) in [6, 6.07) is 5.61. The van der Waals surface area contributed by atoms with Gasteiger partial charge in [0.2, 0.25) is 0 Å². The average molecular weight is 352 g/mol. The molecule has 0 bridgehead atoms. The minimum Gasteiger partial charge on any atom is -0.496 e. The number of nitrogens with zero attached hydrogens (tertiary/aromatic N) is 2. The van der Waals surface area contributed by atoms with Gasteiger partial charge >= 0.3 is 0 Å². The molecule has 2 heterocycles. The minimum atomic E-state index is 0.570. The lowest BCUT2D eigenvalue weighted by atomic mass is 10.1. The molecule has 0 radical (unpaired) electrons. The van der Waals surface area contributed by atoms with Gasteiger partial charge in [-0.25, -0.2) is 9.97 Å². The van der Waals surface area contributed by atoms with Crippen LogP contribution in [0.5, 0.6) is 5.75 Å². The maximum atomic E-state index is 6.08. The van der Waals surface area contributed by atoms with E-state index in [1.54, 1.807) is 18.4 Å². The van der Waals surface area contributed by atoms with E-state index in [1.165, 1.54) is 11.3 Å². The molecule has 0 spiro atoms. The predicted octanol–water partition coefficient (Wildman–Crippen LogP) is 4.41. The Balaban J connectivity index is 1.93. The highest BCUT2D eigenvalue weighted by Crippen LogP contribution is 2.34. The van der Waals surface area contributed by atoms with Crippen LogP contribution in [-0.4, -0.2) is 17.1 Å². The van der Waals surface area contributed by atoms with Crippen LogP contribution in [0.25, 0.3) is 10.6 Å². The maximum absolute atomic E-state index is 6.08. The van der Waals surface area contributed by atoms with Gasteiger partial charge in [0, 0.05) is 22.4 Å². The van der Waals surface area contributed by atoms with Gasteiger partial charge in [-0.05, 0) is 25.1 Å². The van der Waals surface area contributed by atoms with Crippen molar-refractivity contribution in [3.8, 4) is 16.3 Å². The van der Waals surface area contributed by atoms with E-state index >= 15 is 0 Å². The number of hydrogen-bond acceptors (Lipinski definition) is 6. The van der Waals surface area contributed by atoms with Gasteiger partial charge in [-0.3, -0.25) is 0 Å². The molecule has 0 unspecified atom stereocenters. The number of aromatic nitrogens is 2. The van der Waals surface area contributed by atoms with Gasteiger partial charge in [0.1, 0.15) is 5.75 Å². The third-order valence-electron chi connectivity index (χ3n) is 3.18. The number of aryl methyl sites for hydroxylation is 1. The Labute approximate surface area is 141 Å². The van der Waals surface area contributed by atoms with Gasteiger partial charge in [0.25, 0.3) is 0 Å². The number of hydrogen-bond donors (Lipinski definition) is 1. The molecule has 3 aromatic rings. The first-order valence-corrected chi connectivity index (χ1v) is 8.64. The van der Waals surface area contributed by atoms with E-state index in [9.17, 15) is 0 Å². The third-order valence-corrected chi connectivity index (χ3v) is 5.27. The average Bonchev–Trinajstić information content (AvgIpc) is 3.05. The van der Waals surface area contributed by atoms with Gasteiger partial charge in [-0.1, -0.05) is 11.6 Å². The molecule has 0 fully saturated rings. The number of rotatable bonds is 4. The van der Waals surface area contributed by atoms with Crippen molar-refractivity contribution < 1.29 is 4.74 Å². The number of methoxy groups -OCH3 is 1. The fourth-order valence-corrected chi connectivity index (χ4v) is 4.08. The molecule has 0 aliphatic rings. The molecule has 2 N–H and O–H groups in total. The Bertz CT molecular complexity index is 813. The number of anilines is 1. The van der Waals surface area contributed by atoms with Crippen molar-refractivity contribution in [2.24, 2.45) is 0 Å². The second-order valence-electron chi connectivity index (χ2n) is 4.73. The summed E-state index contributed by atoms with van der Waals surface area (Å²) in [6.07, 6.45) is 0.675. The number of halogens is 1. The van der Waals surface area contributed by atoms with Crippen molar-refractivity contribution in [1.29, 1.82) is 0 Å². The number of thiazole rings is 2. The predicted molar refractivity (Wildman–Crippen MR) is 93.2 cm³/mol. The van der Waals surface area contributed by atoms with Crippen LogP contribution in [0, 0.1) is 6.92 Å². The Hall–Kier alpha value is -1.63. The van der Waals surface area contributed by atoms with Crippen LogP contribution >= 0.6 is 34.3 Å². The van der Waals surface area contributed by atoms with Crippen molar-refractivity contribution in [2.75, 3.05) is 12.8 Å². The molecule has 4 nitrogen and oxygen atoms in total. The number of nitrogens with two attached hydrogens (primary N) is 1. The lowest BCUT2D eigenvalue weighted by molar-refractivity contribution is 0.410. The first kappa shape index (κ1) is 15.3. The van der Waals surface area contributed by atoms with Crippen LogP contribution in [0.2, 0.25) is 5.02 Å². The Morgan fingerprint density at radius 1 is 1.32 bits per heavy atom. The van der Waals surface area contributed by atoms with E-state index in [-0.39, 0.29) is 0 Å². The molecule has 114 valence electrons. The van der Waals surface area contributed by atoms with E-state index in [4.69, 9.17) is 22.1 Å². The van der Waals surface area contributed by atoms with Crippen LogP contribution in [0.3, 0.4) is 0 Å². The van der Waals surface area contributed by atoms with Gasteiger partial charge < -0.3 is 10.5 Å². The van der Waals surface area contributed by atoms with E-state index in [0.29, 0.717) is 16.6 Å². The third kappa shape index (κ3) is 3.09. The zero-order valence-corrected chi connectivity index (χ0v) is 14.5. The van der Waals surface area contributed by atoms with E-state index in [0.717, 1.165) is 32.6 Å². The molecule has 1 aromatic carbocycles. The zero-order chi connectivity index (χ0) is 15.7. The molecule has 0 saturated heterocycles. The van der Waals surface area contributed by atoms with E-state index < -0.39 is 0 Å². The molecule has 0 aliphatic heterocycles. The van der Waals surface area contributed by atoms with Crippen LogP contribution in [0.4, 0.5) is 5.13 Å². The van der Waals surface area contributed by atoms with Gasteiger partial charge in [-0.2, -0.15) is 0 Å². The van der Waals surface area contributed by atoms with Crippen molar-refractivity contribution in [2.45, 2.75) is 13.3 Å². The van der Waals surface area contributed by atoms with Crippen LogP contribution in [0.1, 0.15) is 16.3 Å². The van der Waals surface area contributed by atoms with Crippen molar-refractivity contribution in [1.82, 2.24) is 9.97 Å². The summed E-state index contributed by atoms with van der Waals surface area (Å²) < 4.78 is 5.39. The first-order valence-electron chi connectivity index (χ1n) is 6.57. The normalized spacial score (nSPS) is 10.9. The molecule has 0 atom stereocenters. The van der Waals surface area contributed by atoms with E-state index in [1.807, 2.05) is 30.5 Å².